The first-order valence-corrected chi connectivity index (χ1v) is 13.2. The molecule has 2 nitrogen and oxygen atoms in total. The number of carbonyl (C=O) groups is 1. The van der Waals surface area contributed by atoms with Crippen LogP contribution in [0.3, 0.4) is 0 Å². The molecule has 0 radical (unpaired) electrons. The maximum absolute atomic E-state index is 11.4. The summed E-state index contributed by atoms with van der Waals surface area (Å²) >= 11 is 0. The van der Waals surface area contributed by atoms with Crippen molar-refractivity contribution in [3.63, 3.8) is 0 Å². The van der Waals surface area contributed by atoms with Gasteiger partial charge in [-0.1, -0.05) is 60.0 Å². The van der Waals surface area contributed by atoms with Gasteiger partial charge in [0.2, 0.25) is 0 Å². The number of fused-ring (bicyclic) bond motifs is 5. The van der Waals surface area contributed by atoms with E-state index in [0.29, 0.717) is 5.41 Å². The molecule has 2 saturated carbocycles. The Kier molecular flexibility index (Phi) is 6.50. The van der Waals surface area contributed by atoms with Gasteiger partial charge in [-0.3, -0.25) is 4.79 Å². The minimum absolute atomic E-state index is 0.183. The fourth-order valence-electron chi connectivity index (χ4n) is 8.59. The third-order valence-electron chi connectivity index (χ3n) is 10.2. The van der Waals surface area contributed by atoms with E-state index in [0.717, 1.165) is 54.1 Å². The molecular weight excluding hydrogens is 380 g/mol. The quantitative estimate of drug-likeness (QED) is 0.401. The lowest BCUT2D eigenvalue weighted by molar-refractivity contribution is -0.137. The number of allylic oxidation sites excluding steroid dienone is 4. The minimum atomic E-state index is -0.183. The number of carbonyl (C=O) groups excluding carboxylic acids is 1. The Hall–Kier alpha value is -1.05. The lowest BCUT2D eigenvalue weighted by Crippen LogP contribution is -2.49. The van der Waals surface area contributed by atoms with Crippen LogP contribution in [-0.4, -0.2) is 5.97 Å². The molecule has 0 spiro atoms. The molecule has 174 valence electrons. The Balaban J connectivity index is 1.50. The topological polar surface area (TPSA) is 26.3 Å². The summed E-state index contributed by atoms with van der Waals surface area (Å²) in [6, 6.07) is 0. The van der Waals surface area contributed by atoms with Gasteiger partial charge < -0.3 is 4.74 Å². The van der Waals surface area contributed by atoms with E-state index < -0.39 is 0 Å². The van der Waals surface area contributed by atoms with Gasteiger partial charge in [-0.2, -0.15) is 0 Å². The normalized spacial score (nSPS) is 40.4. The molecule has 0 aromatic carbocycles. The Morgan fingerprint density at radius 1 is 1.10 bits per heavy atom. The highest BCUT2D eigenvalue weighted by Gasteiger charge is 2.58. The lowest BCUT2D eigenvalue weighted by atomic mass is 9.47. The van der Waals surface area contributed by atoms with Gasteiger partial charge in [0, 0.05) is 13.3 Å². The van der Waals surface area contributed by atoms with Crippen molar-refractivity contribution in [2.75, 3.05) is 0 Å². The molecule has 0 bridgehead atoms. The van der Waals surface area contributed by atoms with E-state index in [1.54, 1.807) is 0 Å². The SMILES string of the molecule is CC(=O)OC1=CC2=CC[C@@H]3[C@H]4CC[C@@H]([C@H](C)CCCC(C)C)[C@@]4(C)CC[C@H]3[C@@]2(C)CC1. The molecular formula is C29H46O2. The summed E-state index contributed by atoms with van der Waals surface area (Å²) in [6.07, 6.45) is 17.9. The summed E-state index contributed by atoms with van der Waals surface area (Å²) in [7, 11) is 0. The van der Waals surface area contributed by atoms with Gasteiger partial charge in [0.15, 0.2) is 0 Å². The first-order valence-electron chi connectivity index (χ1n) is 13.2. The monoisotopic (exact) mass is 426 g/mol. The Morgan fingerprint density at radius 2 is 1.87 bits per heavy atom. The third kappa shape index (κ3) is 4.18. The van der Waals surface area contributed by atoms with Crippen LogP contribution in [0.15, 0.2) is 23.5 Å². The van der Waals surface area contributed by atoms with Gasteiger partial charge in [0.25, 0.3) is 0 Å². The fourth-order valence-corrected chi connectivity index (χ4v) is 8.59. The summed E-state index contributed by atoms with van der Waals surface area (Å²) < 4.78 is 5.48. The van der Waals surface area contributed by atoms with E-state index in [1.165, 1.54) is 63.9 Å². The number of hydrogen-bond acceptors (Lipinski definition) is 2. The van der Waals surface area contributed by atoms with Crippen molar-refractivity contribution in [1.82, 2.24) is 0 Å². The van der Waals surface area contributed by atoms with Crippen molar-refractivity contribution >= 4 is 5.97 Å². The number of ether oxygens (including phenoxy) is 1. The largest absolute Gasteiger partial charge is 0.431 e. The van der Waals surface area contributed by atoms with Crippen LogP contribution < -0.4 is 0 Å². The van der Waals surface area contributed by atoms with E-state index in [2.05, 4.69) is 46.8 Å². The Bertz CT molecular complexity index is 746. The summed E-state index contributed by atoms with van der Waals surface area (Å²) in [5.74, 6) is 5.88. The van der Waals surface area contributed by atoms with Crippen LogP contribution >= 0.6 is 0 Å². The second kappa shape index (κ2) is 8.71. The maximum Gasteiger partial charge on any atom is 0.307 e. The van der Waals surface area contributed by atoms with Crippen LogP contribution in [0.25, 0.3) is 0 Å². The third-order valence-corrected chi connectivity index (χ3v) is 10.2. The zero-order chi connectivity index (χ0) is 22.4. The van der Waals surface area contributed by atoms with Gasteiger partial charge in [-0.15, -0.1) is 0 Å². The molecule has 0 aliphatic heterocycles. The minimum Gasteiger partial charge on any atom is -0.431 e. The predicted molar refractivity (Wildman–Crippen MR) is 128 cm³/mol. The lowest BCUT2D eigenvalue weighted by Gasteiger charge is -2.57. The zero-order valence-corrected chi connectivity index (χ0v) is 21.0. The van der Waals surface area contributed by atoms with E-state index in [4.69, 9.17) is 4.74 Å². The predicted octanol–water partition coefficient (Wildman–Crippen LogP) is 8.08. The molecule has 4 aliphatic carbocycles. The second-order valence-corrected chi connectivity index (χ2v) is 12.4. The van der Waals surface area contributed by atoms with Crippen molar-refractivity contribution < 1.29 is 9.53 Å². The number of rotatable bonds is 6. The highest BCUT2D eigenvalue weighted by Crippen LogP contribution is 2.67. The molecule has 0 saturated heterocycles. The number of hydrogen-bond donors (Lipinski definition) is 0. The molecule has 2 heteroatoms. The Labute approximate surface area is 191 Å². The molecule has 2 fully saturated rings. The second-order valence-electron chi connectivity index (χ2n) is 12.4. The molecule has 31 heavy (non-hydrogen) atoms. The van der Waals surface area contributed by atoms with Crippen molar-refractivity contribution in [2.24, 2.45) is 46.3 Å². The summed E-state index contributed by atoms with van der Waals surface area (Å²) in [5, 5.41) is 0. The first-order chi connectivity index (χ1) is 14.6. The van der Waals surface area contributed by atoms with Crippen LogP contribution in [0.5, 0.6) is 0 Å². The zero-order valence-electron chi connectivity index (χ0n) is 21.0. The van der Waals surface area contributed by atoms with Crippen molar-refractivity contribution in [2.45, 2.75) is 106 Å². The fraction of sp³-hybridized carbons (Fsp3) is 0.828. The maximum atomic E-state index is 11.4. The van der Waals surface area contributed by atoms with Gasteiger partial charge in [0.1, 0.15) is 5.76 Å². The van der Waals surface area contributed by atoms with E-state index in [9.17, 15) is 4.79 Å². The molecule has 4 rings (SSSR count). The van der Waals surface area contributed by atoms with Crippen molar-refractivity contribution in [3.05, 3.63) is 23.5 Å². The summed E-state index contributed by atoms with van der Waals surface area (Å²) in [6.45, 7) is 14.0. The van der Waals surface area contributed by atoms with Crippen molar-refractivity contribution in [3.8, 4) is 0 Å². The first kappa shape index (κ1) is 23.1. The van der Waals surface area contributed by atoms with Gasteiger partial charge in [0.05, 0.1) is 0 Å². The van der Waals surface area contributed by atoms with Crippen LogP contribution in [-0.2, 0) is 9.53 Å². The van der Waals surface area contributed by atoms with E-state index in [-0.39, 0.29) is 11.4 Å². The standard InChI is InChI=1S/C29H46O2/c1-19(2)8-7-9-20(3)25-12-13-26-24-11-10-22-18-23(31-21(4)30)14-16-28(22,5)27(24)15-17-29(25,26)6/h10,18-20,24-27H,7-9,11-17H2,1-6H3/t20-,24-,25+,26-,27-,28+,29-/m1/s1. The van der Waals surface area contributed by atoms with Gasteiger partial charge in [-0.25, -0.2) is 0 Å². The highest BCUT2D eigenvalue weighted by atomic mass is 16.5. The van der Waals surface area contributed by atoms with Crippen LogP contribution in [0.2, 0.25) is 0 Å². The smallest absolute Gasteiger partial charge is 0.307 e. The summed E-state index contributed by atoms with van der Waals surface area (Å²) in [4.78, 5) is 11.4. The highest BCUT2D eigenvalue weighted by molar-refractivity contribution is 5.67. The average Bonchev–Trinajstić information content (AvgIpc) is 3.05. The molecule has 0 aromatic rings. The van der Waals surface area contributed by atoms with E-state index in [1.807, 2.05) is 0 Å². The molecule has 7 atom stereocenters. The molecule has 0 heterocycles. The molecule has 4 aliphatic rings. The summed E-state index contributed by atoms with van der Waals surface area (Å²) in [5.41, 5.74) is 2.28. The van der Waals surface area contributed by atoms with Gasteiger partial charge in [-0.05, 0) is 96.5 Å². The Morgan fingerprint density at radius 3 is 2.58 bits per heavy atom. The molecule has 0 unspecified atom stereocenters. The van der Waals surface area contributed by atoms with Crippen molar-refractivity contribution in [1.29, 1.82) is 0 Å². The van der Waals surface area contributed by atoms with Crippen LogP contribution in [0, 0.1) is 46.3 Å². The number of esters is 1. The average molecular weight is 427 g/mol. The van der Waals surface area contributed by atoms with E-state index >= 15 is 0 Å². The molecule has 0 N–H and O–H groups in total. The molecule has 0 aromatic heterocycles. The molecule has 0 amide bonds. The van der Waals surface area contributed by atoms with Gasteiger partial charge >= 0.3 is 5.97 Å². The van der Waals surface area contributed by atoms with Crippen LogP contribution in [0.1, 0.15) is 106 Å². The van der Waals surface area contributed by atoms with Crippen LogP contribution in [0.4, 0.5) is 0 Å².